The maximum Gasteiger partial charge on any atom is 0.352 e. The van der Waals surface area contributed by atoms with E-state index >= 15 is 0 Å². The summed E-state index contributed by atoms with van der Waals surface area (Å²) in [5.74, 6) is 0.230. The Balaban J connectivity index is 2.36. The van der Waals surface area contributed by atoms with Crippen molar-refractivity contribution in [3.05, 3.63) is 9.75 Å². The molecular weight excluding hydrogens is 272 g/mol. The maximum absolute atomic E-state index is 11.8. The highest BCUT2D eigenvalue weighted by atomic mass is 32.1. The van der Waals surface area contributed by atoms with E-state index in [0.717, 1.165) is 11.3 Å². The summed E-state index contributed by atoms with van der Waals surface area (Å²) >= 11 is 1.07. The van der Waals surface area contributed by atoms with Gasteiger partial charge in [0.2, 0.25) is 0 Å². The number of aliphatic hydroxyl groups is 1. The third kappa shape index (κ3) is 2.83. The number of rotatable bonds is 5. The van der Waals surface area contributed by atoms with Crippen molar-refractivity contribution < 1.29 is 28.8 Å². The largest absolute Gasteiger partial charge is 0.485 e. The number of thiophene rings is 1. The van der Waals surface area contributed by atoms with E-state index in [4.69, 9.17) is 18.9 Å². The molecule has 1 N–H and O–H groups in total. The van der Waals surface area contributed by atoms with E-state index in [1.165, 1.54) is 0 Å². The summed E-state index contributed by atoms with van der Waals surface area (Å²) in [6.07, 6.45) is -1.13. The molecule has 0 aromatic carbocycles. The fraction of sp³-hybridized carbons (Fsp3) is 0.583. The van der Waals surface area contributed by atoms with Crippen molar-refractivity contribution in [1.29, 1.82) is 0 Å². The number of hydrogen-bond donors (Lipinski definition) is 1. The Morgan fingerprint density at radius 1 is 1.32 bits per heavy atom. The number of esters is 1. The minimum atomic E-state index is -1.13. The van der Waals surface area contributed by atoms with E-state index in [-0.39, 0.29) is 6.61 Å². The Bertz CT molecular complexity index is 455. The Morgan fingerprint density at radius 2 is 2.00 bits per heavy atom. The summed E-state index contributed by atoms with van der Waals surface area (Å²) in [7, 11) is 0. The SMILES string of the molecule is CCOC(=O)c1sc(C(O)OCC)c2c1OCCO2. The number of fused-ring (bicyclic) bond motifs is 1. The number of aliphatic hydroxyl groups excluding tert-OH is 1. The van der Waals surface area contributed by atoms with Crippen LogP contribution in [0.2, 0.25) is 0 Å². The first-order valence-electron chi connectivity index (χ1n) is 6.08. The first-order chi connectivity index (χ1) is 9.19. The molecule has 0 aliphatic carbocycles. The molecule has 1 aromatic heterocycles. The van der Waals surface area contributed by atoms with Gasteiger partial charge in [-0.1, -0.05) is 0 Å². The van der Waals surface area contributed by atoms with Crippen LogP contribution in [0.15, 0.2) is 0 Å². The molecule has 0 radical (unpaired) electrons. The average molecular weight is 288 g/mol. The average Bonchev–Trinajstić information content (AvgIpc) is 2.79. The van der Waals surface area contributed by atoms with Gasteiger partial charge >= 0.3 is 5.97 Å². The molecule has 0 bridgehead atoms. The second kappa shape index (κ2) is 6.23. The minimum absolute atomic E-state index is 0.274. The summed E-state index contributed by atoms with van der Waals surface area (Å²) in [6, 6.07) is 0. The second-order valence-electron chi connectivity index (χ2n) is 3.68. The van der Waals surface area contributed by atoms with Gasteiger partial charge in [-0.25, -0.2) is 4.79 Å². The zero-order chi connectivity index (χ0) is 13.8. The van der Waals surface area contributed by atoms with Crippen molar-refractivity contribution in [1.82, 2.24) is 0 Å². The van der Waals surface area contributed by atoms with E-state index in [1.807, 2.05) is 0 Å². The highest BCUT2D eigenvalue weighted by Crippen LogP contribution is 2.47. The van der Waals surface area contributed by atoms with Gasteiger partial charge in [-0.15, -0.1) is 11.3 Å². The van der Waals surface area contributed by atoms with Gasteiger partial charge in [-0.2, -0.15) is 0 Å². The van der Waals surface area contributed by atoms with E-state index in [1.54, 1.807) is 13.8 Å². The summed E-state index contributed by atoms with van der Waals surface area (Å²) < 4.78 is 21.0. The van der Waals surface area contributed by atoms with Gasteiger partial charge in [0.15, 0.2) is 22.7 Å². The molecule has 19 heavy (non-hydrogen) atoms. The lowest BCUT2D eigenvalue weighted by Crippen LogP contribution is -2.17. The zero-order valence-electron chi connectivity index (χ0n) is 10.8. The molecule has 0 saturated heterocycles. The van der Waals surface area contributed by atoms with Crippen molar-refractivity contribution in [2.24, 2.45) is 0 Å². The summed E-state index contributed by atoms with van der Waals surface area (Å²) in [4.78, 5) is 12.6. The molecule has 0 amide bonds. The molecule has 1 aliphatic heterocycles. The first kappa shape index (κ1) is 14.1. The molecule has 0 spiro atoms. The third-order valence-corrected chi connectivity index (χ3v) is 3.60. The van der Waals surface area contributed by atoms with Crippen LogP contribution >= 0.6 is 11.3 Å². The smallest absolute Gasteiger partial charge is 0.352 e. The van der Waals surface area contributed by atoms with Crippen molar-refractivity contribution in [2.45, 2.75) is 20.1 Å². The standard InChI is InChI=1S/C12H16O6S/c1-3-15-11(13)9-7-8(18-6-5-17-7)10(19-9)12(14)16-4-2/h11,13H,3-6H2,1-2H3. The molecule has 1 unspecified atom stereocenters. The Kier molecular flexibility index (Phi) is 4.62. The van der Waals surface area contributed by atoms with E-state index < -0.39 is 12.3 Å². The molecule has 106 valence electrons. The van der Waals surface area contributed by atoms with Gasteiger partial charge in [0.05, 0.1) is 6.61 Å². The first-order valence-corrected chi connectivity index (χ1v) is 6.89. The maximum atomic E-state index is 11.8. The van der Waals surface area contributed by atoms with Crippen LogP contribution in [-0.2, 0) is 9.47 Å². The van der Waals surface area contributed by atoms with Crippen LogP contribution in [0, 0.1) is 0 Å². The van der Waals surface area contributed by atoms with Crippen molar-refractivity contribution in [3.63, 3.8) is 0 Å². The second-order valence-corrected chi connectivity index (χ2v) is 4.73. The topological polar surface area (TPSA) is 74.2 Å². The van der Waals surface area contributed by atoms with Gasteiger partial charge in [-0.05, 0) is 13.8 Å². The zero-order valence-corrected chi connectivity index (χ0v) is 11.6. The molecule has 2 heterocycles. The number of carbonyl (C=O) groups is 1. The quantitative estimate of drug-likeness (QED) is 0.657. The lowest BCUT2D eigenvalue weighted by atomic mass is 10.3. The summed E-state index contributed by atoms with van der Waals surface area (Å²) in [5.41, 5.74) is 0. The van der Waals surface area contributed by atoms with E-state index in [2.05, 4.69) is 0 Å². The third-order valence-electron chi connectivity index (χ3n) is 2.43. The van der Waals surface area contributed by atoms with Crippen molar-refractivity contribution in [3.8, 4) is 11.5 Å². The van der Waals surface area contributed by atoms with Crippen LogP contribution in [0.1, 0.15) is 34.7 Å². The number of carbonyl (C=O) groups excluding carboxylic acids is 1. The highest BCUT2D eigenvalue weighted by Gasteiger charge is 2.32. The molecule has 0 fully saturated rings. The molecule has 6 nitrogen and oxygen atoms in total. The van der Waals surface area contributed by atoms with Gasteiger partial charge in [-0.3, -0.25) is 0 Å². The molecular formula is C12H16O6S. The Hall–Kier alpha value is -1.31. The lowest BCUT2D eigenvalue weighted by Gasteiger charge is -2.18. The predicted molar refractivity (Wildman–Crippen MR) is 67.9 cm³/mol. The van der Waals surface area contributed by atoms with Gasteiger partial charge < -0.3 is 24.1 Å². The summed E-state index contributed by atoms with van der Waals surface area (Å²) in [6.45, 7) is 4.86. The van der Waals surface area contributed by atoms with E-state index in [9.17, 15) is 9.90 Å². The van der Waals surface area contributed by atoms with Crippen LogP contribution in [0.5, 0.6) is 11.5 Å². The van der Waals surface area contributed by atoms with Crippen LogP contribution < -0.4 is 9.47 Å². The van der Waals surface area contributed by atoms with Crippen molar-refractivity contribution >= 4 is 17.3 Å². The van der Waals surface area contributed by atoms with Crippen molar-refractivity contribution in [2.75, 3.05) is 26.4 Å². The van der Waals surface area contributed by atoms with Crippen LogP contribution in [0.25, 0.3) is 0 Å². The molecule has 2 rings (SSSR count). The lowest BCUT2D eigenvalue weighted by molar-refractivity contribution is -0.0970. The number of ether oxygens (including phenoxy) is 4. The summed E-state index contributed by atoms with van der Waals surface area (Å²) in [5, 5.41) is 9.90. The molecule has 1 aliphatic rings. The van der Waals surface area contributed by atoms with Gasteiger partial charge in [0, 0.05) is 6.61 Å². The van der Waals surface area contributed by atoms with Crippen LogP contribution in [0.4, 0.5) is 0 Å². The van der Waals surface area contributed by atoms with Gasteiger partial charge in [0.1, 0.15) is 18.1 Å². The Morgan fingerprint density at radius 3 is 2.63 bits per heavy atom. The fourth-order valence-corrected chi connectivity index (χ4v) is 2.72. The number of hydrogen-bond acceptors (Lipinski definition) is 7. The fourth-order valence-electron chi connectivity index (χ4n) is 1.70. The predicted octanol–water partition coefficient (Wildman–Crippen LogP) is 1.72. The molecule has 1 atom stereocenters. The Labute approximate surface area is 114 Å². The van der Waals surface area contributed by atoms with Crippen LogP contribution in [-0.4, -0.2) is 37.5 Å². The minimum Gasteiger partial charge on any atom is -0.485 e. The molecule has 1 aromatic rings. The van der Waals surface area contributed by atoms with Crippen LogP contribution in [0.3, 0.4) is 0 Å². The normalized spacial score (nSPS) is 15.1. The highest BCUT2D eigenvalue weighted by molar-refractivity contribution is 7.14. The monoisotopic (exact) mass is 288 g/mol. The molecule has 7 heteroatoms. The van der Waals surface area contributed by atoms with Gasteiger partial charge in [0.25, 0.3) is 0 Å². The molecule has 0 saturated carbocycles. The van der Waals surface area contributed by atoms with E-state index in [0.29, 0.717) is 41.1 Å².